The number of halogens is 1. The van der Waals surface area contributed by atoms with Crippen molar-refractivity contribution >= 4 is 34.7 Å². The Bertz CT molecular complexity index is 1060. The van der Waals surface area contributed by atoms with Gasteiger partial charge in [0.1, 0.15) is 5.69 Å². The van der Waals surface area contributed by atoms with E-state index >= 15 is 0 Å². The fraction of sp³-hybridized carbons (Fsp3) is 0.286. The Kier molecular flexibility index (Phi) is 7.62. The normalized spacial score (nSPS) is 10.9. The SMILES string of the molecule is CN(C)CCCOC(=O)Nc1cccc(Cn2nc(-c3ccc(Cl)s3)ccc2=O)c1. The Labute approximate surface area is 183 Å². The van der Waals surface area contributed by atoms with E-state index in [0.29, 0.717) is 22.3 Å². The minimum Gasteiger partial charge on any atom is -0.449 e. The smallest absolute Gasteiger partial charge is 0.411 e. The number of thiophene rings is 1. The summed E-state index contributed by atoms with van der Waals surface area (Å²) in [5.41, 5.74) is 1.90. The minimum atomic E-state index is -0.502. The number of nitrogens with one attached hydrogen (secondary N) is 1. The van der Waals surface area contributed by atoms with Gasteiger partial charge in [-0.2, -0.15) is 5.10 Å². The molecule has 2 aromatic heterocycles. The van der Waals surface area contributed by atoms with Crippen LogP contribution in [0.3, 0.4) is 0 Å². The average Bonchev–Trinajstić information content (AvgIpc) is 3.13. The van der Waals surface area contributed by atoms with Crippen molar-refractivity contribution in [2.24, 2.45) is 0 Å². The Morgan fingerprint density at radius 2 is 2.07 bits per heavy atom. The third-order valence-electron chi connectivity index (χ3n) is 4.18. The quantitative estimate of drug-likeness (QED) is 0.525. The first kappa shape index (κ1) is 22.0. The number of ether oxygens (including phenoxy) is 1. The standard InChI is InChI=1S/C21H23ClN4O3S/c1-25(2)11-4-12-29-21(28)23-16-6-3-5-15(13-16)14-26-20(27)10-7-17(24-26)18-8-9-19(22)30-18/h3,5-10,13H,4,11-12,14H2,1-2H3,(H,23,28). The molecule has 7 nitrogen and oxygen atoms in total. The molecule has 0 spiro atoms. The lowest BCUT2D eigenvalue weighted by atomic mass is 10.2. The molecule has 0 aliphatic carbocycles. The summed E-state index contributed by atoms with van der Waals surface area (Å²) in [7, 11) is 3.94. The first-order chi connectivity index (χ1) is 14.4. The third-order valence-corrected chi connectivity index (χ3v) is 5.43. The van der Waals surface area contributed by atoms with Crippen LogP contribution in [0.2, 0.25) is 4.34 Å². The van der Waals surface area contributed by atoms with E-state index in [0.717, 1.165) is 23.4 Å². The molecule has 2 heterocycles. The number of rotatable bonds is 8. The molecule has 0 aliphatic rings. The lowest BCUT2D eigenvalue weighted by Crippen LogP contribution is -2.23. The molecule has 1 amide bonds. The molecule has 1 aromatic carbocycles. The lowest BCUT2D eigenvalue weighted by molar-refractivity contribution is 0.156. The van der Waals surface area contributed by atoms with Gasteiger partial charge in [0.25, 0.3) is 5.56 Å². The third kappa shape index (κ3) is 6.41. The zero-order chi connectivity index (χ0) is 21.5. The van der Waals surface area contributed by atoms with Crippen LogP contribution in [0.1, 0.15) is 12.0 Å². The second kappa shape index (κ2) is 10.4. The van der Waals surface area contributed by atoms with Gasteiger partial charge in [-0.05, 0) is 56.4 Å². The van der Waals surface area contributed by atoms with Gasteiger partial charge in [0.2, 0.25) is 0 Å². The van der Waals surface area contributed by atoms with Gasteiger partial charge in [-0.3, -0.25) is 10.1 Å². The van der Waals surface area contributed by atoms with E-state index in [2.05, 4.69) is 10.4 Å². The average molecular weight is 447 g/mol. The number of hydrogen-bond donors (Lipinski definition) is 1. The van der Waals surface area contributed by atoms with E-state index in [1.54, 1.807) is 24.3 Å². The van der Waals surface area contributed by atoms with Gasteiger partial charge in [0.15, 0.2) is 0 Å². The Morgan fingerprint density at radius 3 is 2.80 bits per heavy atom. The van der Waals surface area contributed by atoms with Crippen molar-refractivity contribution in [2.75, 3.05) is 32.6 Å². The second-order valence-electron chi connectivity index (χ2n) is 6.94. The molecule has 1 N–H and O–H groups in total. The number of carbonyl (C=O) groups is 1. The van der Waals surface area contributed by atoms with Gasteiger partial charge in [-0.1, -0.05) is 23.7 Å². The number of carbonyl (C=O) groups excluding carboxylic acids is 1. The van der Waals surface area contributed by atoms with Crippen LogP contribution >= 0.6 is 22.9 Å². The summed E-state index contributed by atoms with van der Waals surface area (Å²) >= 11 is 7.40. The van der Waals surface area contributed by atoms with Crippen molar-refractivity contribution in [3.63, 3.8) is 0 Å². The summed E-state index contributed by atoms with van der Waals surface area (Å²) < 4.78 is 7.24. The molecular formula is C21H23ClN4O3S. The summed E-state index contributed by atoms with van der Waals surface area (Å²) in [6.07, 6.45) is 0.263. The van der Waals surface area contributed by atoms with E-state index < -0.39 is 6.09 Å². The first-order valence-electron chi connectivity index (χ1n) is 9.42. The van der Waals surface area contributed by atoms with Crippen molar-refractivity contribution in [3.8, 4) is 10.6 Å². The van der Waals surface area contributed by atoms with Crippen LogP contribution < -0.4 is 10.9 Å². The monoisotopic (exact) mass is 446 g/mol. The van der Waals surface area contributed by atoms with E-state index in [9.17, 15) is 9.59 Å². The van der Waals surface area contributed by atoms with E-state index in [1.165, 1.54) is 22.1 Å². The summed E-state index contributed by atoms with van der Waals surface area (Å²) in [6, 6.07) is 14.1. The molecular weight excluding hydrogens is 424 g/mol. The van der Waals surface area contributed by atoms with Crippen molar-refractivity contribution in [3.05, 3.63) is 68.8 Å². The minimum absolute atomic E-state index is 0.208. The molecule has 9 heteroatoms. The van der Waals surface area contributed by atoms with Gasteiger partial charge in [0.05, 0.1) is 22.4 Å². The maximum absolute atomic E-state index is 12.3. The van der Waals surface area contributed by atoms with Gasteiger partial charge in [0, 0.05) is 18.3 Å². The highest BCUT2D eigenvalue weighted by Crippen LogP contribution is 2.29. The number of hydrogen-bond acceptors (Lipinski definition) is 6. The molecule has 0 aliphatic heterocycles. The molecule has 0 bridgehead atoms. The summed E-state index contributed by atoms with van der Waals surface area (Å²) in [5.74, 6) is 0. The number of anilines is 1. The van der Waals surface area contributed by atoms with Crippen LogP contribution in [0.25, 0.3) is 10.6 Å². The lowest BCUT2D eigenvalue weighted by Gasteiger charge is -2.11. The molecule has 0 saturated carbocycles. The molecule has 0 saturated heterocycles. The fourth-order valence-electron chi connectivity index (χ4n) is 2.77. The fourth-order valence-corrected chi connectivity index (χ4v) is 3.77. The van der Waals surface area contributed by atoms with Gasteiger partial charge >= 0.3 is 6.09 Å². The predicted octanol–water partition coefficient (Wildman–Crippen LogP) is 4.17. The van der Waals surface area contributed by atoms with Gasteiger partial charge < -0.3 is 9.64 Å². The van der Waals surface area contributed by atoms with Gasteiger partial charge in [-0.25, -0.2) is 9.48 Å². The highest BCUT2D eigenvalue weighted by molar-refractivity contribution is 7.19. The summed E-state index contributed by atoms with van der Waals surface area (Å²) in [4.78, 5) is 27.1. The van der Waals surface area contributed by atoms with Crippen LogP contribution in [-0.2, 0) is 11.3 Å². The topological polar surface area (TPSA) is 76.5 Å². The van der Waals surface area contributed by atoms with Crippen LogP contribution in [0.4, 0.5) is 10.5 Å². The van der Waals surface area contributed by atoms with Crippen molar-refractivity contribution < 1.29 is 9.53 Å². The Morgan fingerprint density at radius 1 is 1.23 bits per heavy atom. The van der Waals surface area contributed by atoms with E-state index in [1.807, 2.05) is 37.2 Å². The zero-order valence-electron chi connectivity index (χ0n) is 16.8. The molecule has 0 fully saturated rings. The van der Waals surface area contributed by atoms with Crippen molar-refractivity contribution in [1.29, 1.82) is 0 Å². The van der Waals surface area contributed by atoms with Crippen molar-refractivity contribution in [2.45, 2.75) is 13.0 Å². The maximum Gasteiger partial charge on any atom is 0.411 e. The predicted molar refractivity (Wildman–Crippen MR) is 121 cm³/mol. The van der Waals surface area contributed by atoms with Gasteiger partial charge in [-0.15, -0.1) is 11.3 Å². The molecule has 3 aromatic rings. The second-order valence-corrected chi connectivity index (χ2v) is 8.65. The van der Waals surface area contributed by atoms with Crippen LogP contribution in [-0.4, -0.2) is 48.0 Å². The molecule has 0 radical (unpaired) electrons. The van der Waals surface area contributed by atoms with Crippen LogP contribution in [0.5, 0.6) is 0 Å². The zero-order valence-corrected chi connectivity index (χ0v) is 18.4. The molecule has 30 heavy (non-hydrogen) atoms. The number of benzene rings is 1. The van der Waals surface area contributed by atoms with E-state index in [4.69, 9.17) is 16.3 Å². The number of aromatic nitrogens is 2. The maximum atomic E-state index is 12.3. The van der Waals surface area contributed by atoms with Crippen molar-refractivity contribution in [1.82, 2.24) is 14.7 Å². The molecule has 3 rings (SSSR count). The largest absolute Gasteiger partial charge is 0.449 e. The summed E-state index contributed by atoms with van der Waals surface area (Å²) in [5, 5.41) is 7.16. The first-order valence-corrected chi connectivity index (χ1v) is 10.6. The number of nitrogens with zero attached hydrogens (tertiary/aromatic N) is 3. The highest BCUT2D eigenvalue weighted by atomic mass is 35.5. The molecule has 158 valence electrons. The Hall–Kier alpha value is -2.68. The van der Waals surface area contributed by atoms with E-state index in [-0.39, 0.29) is 12.1 Å². The molecule has 0 unspecified atom stereocenters. The highest BCUT2D eigenvalue weighted by Gasteiger charge is 2.08. The summed E-state index contributed by atoms with van der Waals surface area (Å²) in [6.45, 7) is 1.48. The Balaban J connectivity index is 1.65. The molecule has 0 atom stereocenters. The van der Waals surface area contributed by atoms with Crippen LogP contribution in [0, 0.1) is 0 Å². The van der Waals surface area contributed by atoms with Crippen LogP contribution in [0.15, 0.2) is 53.3 Å². The number of amides is 1.